The van der Waals surface area contributed by atoms with E-state index in [2.05, 4.69) is 21.3 Å². The molecule has 2 N–H and O–H groups in total. The van der Waals surface area contributed by atoms with Gasteiger partial charge in [-0.3, -0.25) is 9.20 Å². The van der Waals surface area contributed by atoms with Gasteiger partial charge in [-0.05, 0) is 31.2 Å². The molecule has 0 bridgehead atoms. The van der Waals surface area contributed by atoms with E-state index in [-0.39, 0.29) is 17.7 Å². The molecule has 2 fully saturated rings. The zero-order valence-corrected chi connectivity index (χ0v) is 17.0. The van der Waals surface area contributed by atoms with Gasteiger partial charge in [-0.1, -0.05) is 6.92 Å². The van der Waals surface area contributed by atoms with Crippen molar-refractivity contribution in [1.29, 1.82) is 0 Å². The highest BCUT2D eigenvalue weighted by Gasteiger charge is 2.35. The van der Waals surface area contributed by atoms with E-state index in [1.165, 1.54) is 0 Å². The first-order valence-electron chi connectivity index (χ1n) is 10.3. The number of nitrogens with one attached hydrogen (secondary N) is 1. The summed E-state index contributed by atoms with van der Waals surface area (Å²) < 4.78 is 7.73. The lowest BCUT2D eigenvalue weighted by Gasteiger charge is -2.38. The standard InChI is InChI=1S/C20H25N5O2.CH4O/c1-13-5-7-24(20(26)14-3-2-8-27-12-14)11-16(13)19-23-10-15-9-22-18-17(25(15)19)4-6-21-18;1-2/h4,6,9-10,13-14,16,21H,2-3,5,7-8,11-12H2,1H3;2H,1H3. The van der Waals surface area contributed by atoms with Crippen molar-refractivity contribution in [1.82, 2.24) is 24.3 Å². The van der Waals surface area contributed by atoms with Gasteiger partial charge in [-0.15, -0.1) is 0 Å². The first kappa shape index (κ1) is 19.8. The normalized spacial score (nSPS) is 25.1. The minimum atomic E-state index is 0.0189. The van der Waals surface area contributed by atoms with Crippen LogP contribution in [0.25, 0.3) is 16.7 Å². The van der Waals surface area contributed by atoms with Crippen LogP contribution in [0.15, 0.2) is 24.7 Å². The number of aromatic nitrogens is 4. The van der Waals surface area contributed by atoms with Crippen molar-refractivity contribution in [3.05, 3.63) is 30.5 Å². The van der Waals surface area contributed by atoms with Crippen molar-refractivity contribution >= 4 is 22.6 Å². The molecule has 5 rings (SSSR count). The molecule has 2 aliphatic heterocycles. The average molecular weight is 399 g/mol. The van der Waals surface area contributed by atoms with Gasteiger partial charge in [-0.2, -0.15) is 0 Å². The molecule has 1 amide bonds. The number of aliphatic hydroxyl groups excluding tert-OH is 1. The molecule has 0 aromatic carbocycles. The Labute approximate surface area is 169 Å². The van der Waals surface area contributed by atoms with Gasteiger partial charge in [0.15, 0.2) is 5.65 Å². The highest BCUT2D eigenvalue weighted by molar-refractivity contribution is 5.79. The molecule has 3 aromatic heterocycles. The Hall–Kier alpha value is -2.45. The van der Waals surface area contributed by atoms with E-state index in [0.29, 0.717) is 12.5 Å². The lowest BCUT2D eigenvalue weighted by atomic mass is 9.85. The summed E-state index contributed by atoms with van der Waals surface area (Å²) in [6.07, 6.45) is 8.57. The maximum absolute atomic E-state index is 13.0. The first-order valence-corrected chi connectivity index (χ1v) is 10.3. The van der Waals surface area contributed by atoms with E-state index in [4.69, 9.17) is 14.8 Å². The fraction of sp³-hybridized carbons (Fsp3) is 0.571. The van der Waals surface area contributed by atoms with Crippen LogP contribution in [0.2, 0.25) is 0 Å². The van der Waals surface area contributed by atoms with Crippen LogP contribution in [0.4, 0.5) is 0 Å². The average Bonchev–Trinajstić information content (AvgIpc) is 3.42. The van der Waals surface area contributed by atoms with Crippen LogP contribution in [0.1, 0.15) is 37.9 Å². The number of imidazole rings is 1. The number of hydrogen-bond donors (Lipinski definition) is 2. The Kier molecular flexibility index (Phi) is 5.82. The van der Waals surface area contributed by atoms with Crippen molar-refractivity contribution in [2.24, 2.45) is 11.8 Å². The number of aliphatic hydroxyl groups is 1. The molecule has 0 aliphatic carbocycles. The number of hydrogen-bond acceptors (Lipinski definition) is 5. The van der Waals surface area contributed by atoms with Gasteiger partial charge in [0.1, 0.15) is 5.82 Å². The highest BCUT2D eigenvalue weighted by atomic mass is 16.5. The number of rotatable bonds is 2. The van der Waals surface area contributed by atoms with Gasteiger partial charge in [0.25, 0.3) is 0 Å². The van der Waals surface area contributed by atoms with E-state index in [9.17, 15) is 4.79 Å². The second-order valence-electron chi connectivity index (χ2n) is 7.92. The monoisotopic (exact) mass is 399 g/mol. The van der Waals surface area contributed by atoms with Gasteiger partial charge in [0.2, 0.25) is 5.91 Å². The quantitative estimate of drug-likeness (QED) is 0.689. The number of aromatic amines is 1. The molecule has 0 spiro atoms. The molecule has 2 aliphatic rings. The summed E-state index contributed by atoms with van der Waals surface area (Å²) in [6.45, 7) is 5.18. The van der Waals surface area contributed by atoms with Crippen LogP contribution in [0.3, 0.4) is 0 Å². The summed E-state index contributed by atoms with van der Waals surface area (Å²) in [7, 11) is 1.00. The summed E-state index contributed by atoms with van der Waals surface area (Å²) in [6, 6.07) is 2.04. The van der Waals surface area contributed by atoms with Crippen molar-refractivity contribution < 1.29 is 14.6 Å². The van der Waals surface area contributed by atoms with Gasteiger partial charge in [0.05, 0.1) is 36.0 Å². The Morgan fingerprint density at radius 3 is 2.90 bits per heavy atom. The molecular formula is C21H29N5O3. The molecule has 0 radical (unpaired) electrons. The maximum atomic E-state index is 13.0. The lowest BCUT2D eigenvalue weighted by Crippen LogP contribution is -2.46. The molecule has 3 unspecified atom stereocenters. The number of fused-ring (bicyclic) bond motifs is 3. The molecule has 5 heterocycles. The van der Waals surface area contributed by atoms with Gasteiger partial charge < -0.3 is 19.7 Å². The minimum absolute atomic E-state index is 0.0189. The number of carbonyl (C=O) groups is 1. The second kappa shape index (κ2) is 8.51. The van der Waals surface area contributed by atoms with Crippen LogP contribution < -0.4 is 0 Å². The zero-order valence-electron chi connectivity index (χ0n) is 17.0. The third kappa shape index (κ3) is 3.62. The van der Waals surface area contributed by atoms with E-state index in [1.54, 1.807) is 0 Å². The van der Waals surface area contributed by atoms with E-state index >= 15 is 0 Å². The lowest BCUT2D eigenvalue weighted by molar-refractivity contribution is -0.141. The SMILES string of the molecule is CC1CCN(C(=O)C2CCCOC2)CC1c1ncc2cnc3[nH]ccc3n12.CO. The molecule has 3 atom stereocenters. The Morgan fingerprint density at radius 1 is 1.28 bits per heavy atom. The number of H-pyrrole nitrogens is 1. The predicted molar refractivity (Wildman–Crippen MR) is 110 cm³/mol. The van der Waals surface area contributed by atoms with Gasteiger partial charge >= 0.3 is 0 Å². The highest BCUT2D eigenvalue weighted by Crippen LogP contribution is 2.34. The Balaban J connectivity index is 0.000000994. The van der Waals surface area contributed by atoms with Gasteiger partial charge in [0, 0.05) is 38.9 Å². The molecule has 3 aromatic rings. The molecule has 156 valence electrons. The van der Waals surface area contributed by atoms with E-state index in [0.717, 1.165) is 68.6 Å². The van der Waals surface area contributed by atoms with Crippen LogP contribution in [-0.4, -0.2) is 68.7 Å². The van der Waals surface area contributed by atoms with Crippen LogP contribution in [0.5, 0.6) is 0 Å². The zero-order chi connectivity index (χ0) is 20.4. The van der Waals surface area contributed by atoms with Gasteiger partial charge in [-0.25, -0.2) is 9.97 Å². The van der Waals surface area contributed by atoms with E-state index < -0.39 is 0 Å². The fourth-order valence-electron chi connectivity index (χ4n) is 4.56. The molecular weight excluding hydrogens is 370 g/mol. The smallest absolute Gasteiger partial charge is 0.228 e. The van der Waals surface area contributed by atoms with Crippen molar-refractivity contribution in [3.8, 4) is 0 Å². The molecule has 2 saturated heterocycles. The van der Waals surface area contributed by atoms with Crippen molar-refractivity contribution in [2.75, 3.05) is 33.4 Å². The largest absolute Gasteiger partial charge is 0.400 e. The first-order chi connectivity index (χ1) is 14.2. The Morgan fingerprint density at radius 2 is 2.10 bits per heavy atom. The summed E-state index contributed by atoms with van der Waals surface area (Å²) in [5.41, 5.74) is 2.89. The van der Waals surface area contributed by atoms with Crippen LogP contribution in [-0.2, 0) is 9.53 Å². The summed E-state index contributed by atoms with van der Waals surface area (Å²) in [5, 5.41) is 7.00. The number of ether oxygens (including phenoxy) is 1. The van der Waals surface area contributed by atoms with Crippen molar-refractivity contribution in [2.45, 2.75) is 32.1 Å². The third-order valence-electron chi connectivity index (χ3n) is 6.20. The fourth-order valence-corrected chi connectivity index (χ4v) is 4.56. The summed E-state index contributed by atoms with van der Waals surface area (Å²) in [5.74, 6) is 1.99. The van der Waals surface area contributed by atoms with Crippen molar-refractivity contribution in [3.63, 3.8) is 0 Å². The molecule has 0 saturated carbocycles. The molecule has 8 heteroatoms. The molecule has 8 nitrogen and oxygen atoms in total. The minimum Gasteiger partial charge on any atom is -0.400 e. The van der Waals surface area contributed by atoms with Crippen LogP contribution in [0, 0.1) is 11.8 Å². The second-order valence-corrected chi connectivity index (χ2v) is 7.92. The third-order valence-corrected chi connectivity index (χ3v) is 6.20. The summed E-state index contributed by atoms with van der Waals surface area (Å²) >= 11 is 0. The molecule has 29 heavy (non-hydrogen) atoms. The predicted octanol–water partition coefficient (Wildman–Crippen LogP) is 2.20. The maximum Gasteiger partial charge on any atom is 0.228 e. The number of amides is 1. The number of nitrogens with zero attached hydrogens (tertiary/aromatic N) is 4. The number of piperidine rings is 1. The van der Waals surface area contributed by atoms with Crippen LogP contribution >= 0.6 is 0 Å². The number of likely N-dealkylation sites (tertiary alicyclic amines) is 1. The van der Waals surface area contributed by atoms with E-state index in [1.807, 2.05) is 29.6 Å². The Bertz CT molecular complexity index is 975. The topological polar surface area (TPSA) is 95.8 Å². The summed E-state index contributed by atoms with van der Waals surface area (Å²) in [4.78, 5) is 27.4. The number of carbonyl (C=O) groups excluding carboxylic acids is 1.